The summed E-state index contributed by atoms with van der Waals surface area (Å²) < 4.78 is 43.1. The van der Waals surface area contributed by atoms with Gasteiger partial charge in [-0.3, -0.25) is 4.79 Å². The average Bonchev–Trinajstić information content (AvgIpc) is 3.37. The predicted molar refractivity (Wildman–Crippen MR) is 125 cm³/mol. The van der Waals surface area contributed by atoms with Crippen molar-refractivity contribution in [3.63, 3.8) is 0 Å². The molecule has 2 aromatic rings. The molecule has 3 rings (SSSR count). The standard InChI is InChI=1S/C24H30N2O7S/c1-17(23(27)25-14-13-18-5-9-20(31-2)10-6-18)33-24(28)19-7-11-22(12-8-19)34(29,30)26-16-21-4-3-15-32-21/h5-12,17,21,26H,3-4,13-16H2,1-2H3,(H,25,27). The normalized spacial score (nSPS) is 16.6. The van der Waals surface area contributed by atoms with Crippen molar-refractivity contribution >= 4 is 21.9 Å². The van der Waals surface area contributed by atoms with Crippen molar-refractivity contribution in [3.05, 3.63) is 59.7 Å². The number of carbonyl (C=O) groups excluding carboxylic acids is 2. The number of ether oxygens (including phenoxy) is 3. The number of amides is 1. The Hall–Kier alpha value is -2.95. The number of sulfonamides is 1. The Morgan fingerprint density at radius 1 is 1.12 bits per heavy atom. The predicted octanol–water partition coefficient (Wildman–Crippen LogP) is 2.06. The van der Waals surface area contributed by atoms with Crippen LogP contribution in [0.25, 0.3) is 0 Å². The molecule has 1 fully saturated rings. The molecule has 9 nitrogen and oxygen atoms in total. The van der Waals surface area contributed by atoms with Gasteiger partial charge in [-0.05, 0) is 68.1 Å². The molecule has 1 aliphatic rings. The zero-order valence-electron chi connectivity index (χ0n) is 19.3. The first-order valence-electron chi connectivity index (χ1n) is 11.1. The van der Waals surface area contributed by atoms with Crippen LogP contribution in [0.1, 0.15) is 35.7 Å². The zero-order valence-corrected chi connectivity index (χ0v) is 20.1. The summed E-state index contributed by atoms with van der Waals surface area (Å²) in [5, 5.41) is 2.74. The lowest BCUT2D eigenvalue weighted by Crippen LogP contribution is -2.36. The van der Waals surface area contributed by atoms with Gasteiger partial charge in [-0.2, -0.15) is 0 Å². The summed E-state index contributed by atoms with van der Waals surface area (Å²) in [6.45, 7) is 2.71. The Morgan fingerprint density at radius 2 is 1.82 bits per heavy atom. The first-order valence-corrected chi connectivity index (χ1v) is 12.6. The van der Waals surface area contributed by atoms with E-state index in [-0.39, 0.29) is 23.1 Å². The average molecular weight is 491 g/mol. The summed E-state index contributed by atoms with van der Waals surface area (Å²) in [4.78, 5) is 24.7. The van der Waals surface area contributed by atoms with Gasteiger partial charge in [0.05, 0.1) is 23.7 Å². The van der Waals surface area contributed by atoms with Gasteiger partial charge in [-0.25, -0.2) is 17.9 Å². The van der Waals surface area contributed by atoms with Gasteiger partial charge in [0, 0.05) is 19.7 Å². The van der Waals surface area contributed by atoms with Crippen molar-refractivity contribution in [3.8, 4) is 5.75 Å². The first-order chi connectivity index (χ1) is 16.3. The Kier molecular flexibility index (Phi) is 9.03. The van der Waals surface area contributed by atoms with E-state index in [9.17, 15) is 18.0 Å². The van der Waals surface area contributed by atoms with Gasteiger partial charge in [0.25, 0.3) is 5.91 Å². The molecule has 1 aliphatic heterocycles. The highest BCUT2D eigenvalue weighted by Crippen LogP contribution is 2.15. The molecule has 2 aromatic carbocycles. The Bertz CT molecular complexity index is 1060. The third-order valence-corrected chi connectivity index (χ3v) is 6.89. The number of nitrogens with one attached hydrogen (secondary N) is 2. The molecule has 34 heavy (non-hydrogen) atoms. The van der Waals surface area contributed by atoms with E-state index < -0.39 is 28.0 Å². The van der Waals surface area contributed by atoms with Crippen LogP contribution in [-0.4, -0.2) is 59.3 Å². The van der Waals surface area contributed by atoms with Gasteiger partial charge in [0.1, 0.15) is 5.75 Å². The lowest BCUT2D eigenvalue weighted by atomic mass is 10.1. The Balaban J connectivity index is 1.45. The van der Waals surface area contributed by atoms with Crippen LogP contribution in [0, 0.1) is 0 Å². The van der Waals surface area contributed by atoms with Gasteiger partial charge in [0.2, 0.25) is 10.0 Å². The minimum Gasteiger partial charge on any atom is -0.497 e. The van der Waals surface area contributed by atoms with Crippen molar-refractivity contribution in [1.82, 2.24) is 10.0 Å². The lowest BCUT2D eigenvalue weighted by Gasteiger charge is -2.14. The summed E-state index contributed by atoms with van der Waals surface area (Å²) in [6.07, 6.45) is 1.24. The van der Waals surface area contributed by atoms with E-state index in [2.05, 4.69) is 10.0 Å². The summed E-state index contributed by atoms with van der Waals surface area (Å²) in [6, 6.07) is 12.9. The quantitative estimate of drug-likeness (QED) is 0.463. The largest absolute Gasteiger partial charge is 0.497 e. The monoisotopic (exact) mass is 490 g/mol. The summed E-state index contributed by atoms with van der Waals surface area (Å²) in [5.74, 6) is -0.373. The van der Waals surface area contributed by atoms with Crippen LogP contribution in [0.4, 0.5) is 0 Å². The minimum absolute atomic E-state index is 0.0337. The Labute approximate surface area is 199 Å². The molecule has 0 aliphatic carbocycles. The van der Waals surface area contributed by atoms with Crippen molar-refractivity contribution in [2.75, 3.05) is 26.8 Å². The van der Waals surface area contributed by atoms with Crippen LogP contribution in [0.5, 0.6) is 5.75 Å². The fourth-order valence-electron chi connectivity index (χ4n) is 3.41. The van der Waals surface area contributed by atoms with E-state index in [1.54, 1.807) is 7.11 Å². The third kappa shape index (κ3) is 7.28. The van der Waals surface area contributed by atoms with Crippen molar-refractivity contribution in [2.24, 2.45) is 0 Å². The van der Waals surface area contributed by atoms with Crippen LogP contribution in [0.2, 0.25) is 0 Å². The van der Waals surface area contributed by atoms with Crippen molar-refractivity contribution in [1.29, 1.82) is 0 Å². The molecule has 2 atom stereocenters. The number of hydrogen-bond donors (Lipinski definition) is 2. The van der Waals surface area contributed by atoms with E-state index in [1.807, 2.05) is 24.3 Å². The van der Waals surface area contributed by atoms with Crippen LogP contribution in [0.15, 0.2) is 53.4 Å². The SMILES string of the molecule is COc1ccc(CCNC(=O)C(C)OC(=O)c2ccc(S(=O)(=O)NCC3CCCO3)cc2)cc1. The summed E-state index contributed by atoms with van der Waals surface area (Å²) in [7, 11) is -2.12. The molecule has 0 aromatic heterocycles. The van der Waals surface area contributed by atoms with Gasteiger partial charge >= 0.3 is 5.97 Å². The number of rotatable bonds is 11. The van der Waals surface area contributed by atoms with Gasteiger partial charge in [-0.15, -0.1) is 0 Å². The van der Waals surface area contributed by atoms with Gasteiger partial charge < -0.3 is 19.5 Å². The van der Waals surface area contributed by atoms with Crippen molar-refractivity contribution < 1.29 is 32.2 Å². The summed E-state index contributed by atoms with van der Waals surface area (Å²) in [5.41, 5.74) is 1.18. The van der Waals surface area contributed by atoms with E-state index >= 15 is 0 Å². The number of esters is 1. The van der Waals surface area contributed by atoms with E-state index in [1.165, 1.54) is 31.2 Å². The highest BCUT2D eigenvalue weighted by molar-refractivity contribution is 7.89. The molecular weight excluding hydrogens is 460 g/mol. The molecular formula is C24H30N2O7S. The second kappa shape index (κ2) is 12.0. The van der Waals surface area contributed by atoms with Crippen LogP contribution in [-0.2, 0) is 30.7 Å². The Morgan fingerprint density at radius 3 is 2.44 bits per heavy atom. The molecule has 10 heteroatoms. The topological polar surface area (TPSA) is 120 Å². The molecule has 2 N–H and O–H groups in total. The number of methoxy groups -OCH3 is 1. The van der Waals surface area contributed by atoms with E-state index in [0.717, 1.165) is 24.2 Å². The van der Waals surface area contributed by atoms with E-state index in [4.69, 9.17) is 14.2 Å². The number of hydrogen-bond acceptors (Lipinski definition) is 7. The summed E-state index contributed by atoms with van der Waals surface area (Å²) >= 11 is 0. The van der Waals surface area contributed by atoms with Crippen LogP contribution < -0.4 is 14.8 Å². The fourth-order valence-corrected chi connectivity index (χ4v) is 4.48. The fraction of sp³-hybridized carbons (Fsp3) is 0.417. The highest BCUT2D eigenvalue weighted by Gasteiger charge is 2.22. The molecule has 184 valence electrons. The molecule has 0 radical (unpaired) electrons. The zero-order chi connectivity index (χ0) is 24.6. The molecule has 1 amide bonds. The van der Waals surface area contributed by atoms with Gasteiger partial charge in [0.15, 0.2) is 6.10 Å². The third-order valence-electron chi connectivity index (χ3n) is 5.45. The highest BCUT2D eigenvalue weighted by atomic mass is 32.2. The van der Waals surface area contributed by atoms with Gasteiger partial charge in [-0.1, -0.05) is 12.1 Å². The lowest BCUT2D eigenvalue weighted by molar-refractivity contribution is -0.129. The molecule has 0 saturated carbocycles. The smallest absolute Gasteiger partial charge is 0.338 e. The molecule has 1 heterocycles. The first kappa shape index (κ1) is 25.7. The maximum Gasteiger partial charge on any atom is 0.338 e. The van der Waals surface area contributed by atoms with Crippen LogP contribution >= 0.6 is 0 Å². The second-order valence-corrected chi connectivity index (χ2v) is 9.71. The minimum atomic E-state index is -3.72. The van der Waals surface area contributed by atoms with E-state index in [0.29, 0.717) is 19.6 Å². The van der Waals surface area contributed by atoms with Crippen LogP contribution in [0.3, 0.4) is 0 Å². The molecule has 0 spiro atoms. The number of benzene rings is 2. The molecule has 1 saturated heterocycles. The maximum atomic E-state index is 12.4. The second-order valence-electron chi connectivity index (χ2n) is 7.95. The number of carbonyl (C=O) groups is 2. The molecule has 0 bridgehead atoms. The molecule has 2 unspecified atom stereocenters. The maximum absolute atomic E-state index is 12.4. The van der Waals surface area contributed by atoms with Crippen molar-refractivity contribution in [2.45, 2.75) is 43.3 Å².